The van der Waals surface area contributed by atoms with E-state index in [2.05, 4.69) is 33.4 Å². The van der Waals surface area contributed by atoms with E-state index in [0.29, 0.717) is 4.66 Å². The third-order valence-electron chi connectivity index (χ3n) is 2.52. The first-order valence-corrected chi connectivity index (χ1v) is 10.9. The number of hydrogen-bond donors (Lipinski definition) is 1. The Bertz CT molecular complexity index is 212. The Morgan fingerprint density at radius 1 is 1.20 bits per heavy atom. The smallest absolute Gasteiger partial charge is 0.0608 e. The van der Waals surface area contributed by atoms with Crippen LogP contribution in [0.2, 0.25) is 10.3 Å². The van der Waals surface area contributed by atoms with Gasteiger partial charge in [0.2, 0.25) is 0 Å². The molecule has 0 amide bonds. The molecule has 4 heteroatoms. The summed E-state index contributed by atoms with van der Waals surface area (Å²) in [6, 6.07) is 0. The zero-order valence-corrected chi connectivity index (χ0v) is 15.6. The van der Waals surface area contributed by atoms with E-state index in [4.69, 9.17) is 0 Å². The minimum Gasteiger partial charge on any atom is -0.395 e. The molecule has 90 valence electrons. The summed E-state index contributed by atoms with van der Waals surface area (Å²) in [6.07, 6.45) is 0. The van der Waals surface area contributed by atoms with E-state index >= 15 is 0 Å². The Morgan fingerprint density at radius 2 is 1.73 bits per heavy atom. The van der Waals surface area contributed by atoms with Crippen molar-refractivity contribution in [1.29, 1.82) is 0 Å². The molecule has 0 spiro atoms. The Labute approximate surface area is 102 Å². The Balaban J connectivity index is 3.89. The minimum atomic E-state index is -0.353. The van der Waals surface area contributed by atoms with Crippen LogP contribution in [0.3, 0.4) is 0 Å². The third-order valence-corrected chi connectivity index (χ3v) is 11.7. The predicted octanol–water partition coefficient (Wildman–Crippen LogP) is 0.677. The maximum atomic E-state index is 9.88. The molecule has 1 N–H and O–H groups in total. The van der Waals surface area contributed by atoms with Crippen molar-refractivity contribution >= 4 is 28.6 Å². The van der Waals surface area contributed by atoms with E-state index in [1.165, 1.54) is 11.2 Å². The van der Waals surface area contributed by atoms with Crippen LogP contribution in [0.5, 0.6) is 0 Å². The van der Waals surface area contributed by atoms with Gasteiger partial charge in [0.15, 0.2) is 0 Å². The molecule has 1 nitrogen and oxygen atoms in total. The van der Waals surface area contributed by atoms with Gasteiger partial charge in [0.05, 0.1) is 9.52 Å². The first-order chi connectivity index (χ1) is 6.62. The Hall–Kier alpha value is 0.351. The SMILES string of the molecule is CC(C)=C[SiH2]C[SiH2]C(C)(C)[SiH2]C(C)(C)O. The summed E-state index contributed by atoms with van der Waals surface area (Å²) in [7, 11) is -0.244. The van der Waals surface area contributed by atoms with E-state index in [9.17, 15) is 5.11 Å². The maximum absolute atomic E-state index is 9.88. The molecule has 0 bridgehead atoms. The van der Waals surface area contributed by atoms with Gasteiger partial charge in [-0.05, 0) is 27.7 Å². The van der Waals surface area contributed by atoms with Crippen molar-refractivity contribution in [2.45, 2.75) is 57.1 Å². The zero-order chi connectivity index (χ0) is 12.1. The number of rotatable bonds is 6. The van der Waals surface area contributed by atoms with Crippen LogP contribution >= 0.6 is 0 Å². The minimum absolute atomic E-state index is 0.0353. The molecule has 0 rings (SSSR count). The van der Waals surface area contributed by atoms with Gasteiger partial charge in [0.25, 0.3) is 0 Å². The van der Waals surface area contributed by atoms with E-state index < -0.39 is 0 Å². The van der Waals surface area contributed by atoms with Crippen LogP contribution in [-0.2, 0) is 0 Å². The summed E-state index contributed by atoms with van der Waals surface area (Å²) in [4.78, 5) is 0. The fraction of sp³-hybridized carbons (Fsp3) is 0.818. The van der Waals surface area contributed by atoms with E-state index in [-0.39, 0.29) is 33.8 Å². The fourth-order valence-corrected chi connectivity index (χ4v) is 15.4. The highest BCUT2D eigenvalue weighted by Crippen LogP contribution is 2.25. The van der Waals surface area contributed by atoms with Crippen molar-refractivity contribution in [2.75, 3.05) is 0 Å². The molecule has 0 radical (unpaired) electrons. The largest absolute Gasteiger partial charge is 0.395 e. The van der Waals surface area contributed by atoms with Crippen LogP contribution < -0.4 is 0 Å². The van der Waals surface area contributed by atoms with Gasteiger partial charge in [0.1, 0.15) is 0 Å². The van der Waals surface area contributed by atoms with Crippen LogP contribution in [0.1, 0.15) is 41.5 Å². The molecule has 0 aromatic carbocycles. The van der Waals surface area contributed by atoms with Crippen molar-refractivity contribution in [3.8, 4) is 0 Å². The van der Waals surface area contributed by atoms with Crippen LogP contribution in [0.25, 0.3) is 0 Å². The Kier molecular flexibility index (Phi) is 6.32. The summed E-state index contributed by atoms with van der Waals surface area (Å²) in [5.74, 6) is 0. The monoisotopic (exact) mass is 260 g/mol. The van der Waals surface area contributed by atoms with Gasteiger partial charge in [-0.1, -0.05) is 29.7 Å². The molecular weight excluding hydrogens is 232 g/mol. The highest BCUT2D eigenvalue weighted by molar-refractivity contribution is 6.70. The standard InChI is InChI=1S/C11H28OSi3/c1-9(2)7-13-8-14-11(5,6)15-10(3,4)12/h7,12H,8,13-15H2,1-6H3. The second-order valence-corrected chi connectivity index (χ2v) is 17.6. The van der Waals surface area contributed by atoms with Crippen molar-refractivity contribution in [1.82, 2.24) is 0 Å². The maximum Gasteiger partial charge on any atom is 0.0608 e. The summed E-state index contributed by atoms with van der Waals surface area (Å²) < 4.78 is 0.556. The average Bonchev–Trinajstić information content (AvgIpc) is 1.93. The molecular formula is C11H28OSi3. The number of hydrogen-bond acceptors (Lipinski definition) is 1. The first-order valence-electron chi connectivity index (χ1n) is 5.98. The first kappa shape index (κ1) is 15.4. The molecule has 0 fully saturated rings. The van der Waals surface area contributed by atoms with Gasteiger partial charge in [0, 0.05) is 24.3 Å². The molecule has 0 unspecified atom stereocenters. The van der Waals surface area contributed by atoms with Crippen molar-refractivity contribution < 1.29 is 5.11 Å². The van der Waals surface area contributed by atoms with Crippen LogP contribution in [-0.4, -0.2) is 38.9 Å². The van der Waals surface area contributed by atoms with Crippen LogP contribution in [0, 0.1) is 0 Å². The molecule has 0 saturated heterocycles. The molecule has 15 heavy (non-hydrogen) atoms. The topological polar surface area (TPSA) is 20.2 Å². The summed E-state index contributed by atoms with van der Waals surface area (Å²) >= 11 is 0. The molecule has 0 aliphatic carbocycles. The summed E-state index contributed by atoms with van der Waals surface area (Å²) in [5, 5.41) is 9.53. The fourth-order valence-electron chi connectivity index (χ4n) is 2.23. The third kappa shape index (κ3) is 10.6. The molecule has 0 saturated carbocycles. The van der Waals surface area contributed by atoms with Crippen LogP contribution in [0.15, 0.2) is 11.3 Å². The van der Waals surface area contributed by atoms with Crippen molar-refractivity contribution in [2.24, 2.45) is 0 Å². The second kappa shape index (κ2) is 6.18. The van der Waals surface area contributed by atoms with Gasteiger partial charge >= 0.3 is 0 Å². The highest BCUT2D eigenvalue weighted by atomic mass is 28.3. The molecule has 0 aliphatic heterocycles. The van der Waals surface area contributed by atoms with Crippen LogP contribution in [0.4, 0.5) is 0 Å². The molecule has 0 aliphatic rings. The number of allylic oxidation sites excluding steroid dienone is 1. The highest BCUT2D eigenvalue weighted by Gasteiger charge is 2.27. The lowest BCUT2D eigenvalue weighted by atomic mass is 10.4. The molecule has 0 aromatic heterocycles. The zero-order valence-electron chi connectivity index (χ0n) is 11.4. The Morgan fingerprint density at radius 3 is 2.13 bits per heavy atom. The summed E-state index contributed by atoms with van der Waals surface area (Å²) in [5.41, 5.74) is 5.50. The normalized spacial score (nSPS) is 15.1. The van der Waals surface area contributed by atoms with Gasteiger partial charge in [-0.2, -0.15) is 0 Å². The van der Waals surface area contributed by atoms with E-state index in [1.807, 2.05) is 13.8 Å². The van der Waals surface area contributed by atoms with Gasteiger partial charge < -0.3 is 5.11 Å². The van der Waals surface area contributed by atoms with Crippen molar-refractivity contribution in [3.05, 3.63) is 11.3 Å². The summed E-state index contributed by atoms with van der Waals surface area (Å²) in [6.45, 7) is 13.2. The second-order valence-electron chi connectivity index (χ2n) is 6.33. The van der Waals surface area contributed by atoms with Gasteiger partial charge in [-0.3, -0.25) is 0 Å². The van der Waals surface area contributed by atoms with E-state index in [0.717, 1.165) is 0 Å². The quantitative estimate of drug-likeness (QED) is 0.550. The molecule has 0 atom stereocenters. The molecule has 0 heterocycles. The van der Waals surface area contributed by atoms with E-state index in [1.54, 1.807) is 0 Å². The number of aliphatic hydroxyl groups is 1. The molecule has 0 aromatic rings. The van der Waals surface area contributed by atoms with Gasteiger partial charge in [-0.15, -0.1) is 5.70 Å². The average molecular weight is 261 g/mol. The van der Waals surface area contributed by atoms with Crippen molar-refractivity contribution in [3.63, 3.8) is 0 Å². The lowest BCUT2D eigenvalue weighted by molar-refractivity contribution is 0.163. The lowest BCUT2D eigenvalue weighted by Gasteiger charge is -2.30. The van der Waals surface area contributed by atoms with Gasteiger partial charge in [-0.25, -0.2) is 0 Å². The predicted molar refractivity (Wildman–Crippen MR) is 80.2 cm³/mol. The lowest BCUT2D eigenvalue weighted by Crippen LogP contribution is -2.38.